The molecule has 4 nitrogen and oxygen atoms in total. The number of ether oxygens (including phenoxy) is 1. The van der Waals surface area contributed by atoms with Gasteiger partial charge in [-0.15, -0.1) is 4.91 Å². The third-order valence-electron chi connectivity index (χ3n) is 1.40. The molecule has 1 aromatic rings. The Balaban J connectivity index is 2.94. The number of hydrogen-bond donors (Lipinski definition) is 1. The van der Waals surface area contributed by atoms with Crippen LogP contribution in [0.15, 0.2) is 23.4 Å². The molecular formula is C8H10N2O2. The van der Waals surface area contributed by atoms with Gasteiger partial charge in [-0.25, -0.2) is 0 Å². The monoisotopic (exact) mass is 166 g/mol. The molecule has 64 valence electrons. The van der Waals surface area contributed by atoms with Crippen LogP contribution in [0.3, 0.4) is 0 Å². The lowest BCUT2D eigenvalue weighted by atomic mass is 10.2. The van der Waals surface area contributed by atoms with Crippen molar-refractivity contribution in [2.24, 2.45) is 5.18 Å². The van der Waals surface area contributed by atoms with Crippen molar-refractivity contribution >= 4 is 11.4 Å². The molecule has 0 aliphatic heterocycles. The number of nitrogens with two attached hydrogens (primary N) is 1. The Morgan fingerprint density at radius 1 is 1.58 bits per heavy atom. The Morgan fingerprint density at radius 3 is 2.83 bits per heavy atom. The highest BCUT2D eigenvalue weighted by atomic mass is 16.5. The average molecular weight is 166 g/mol. The van der Waals surface area contributed by atoms with Gasteiger partial charge in [-0.2, -0.15) is 0 Å². The highest BCUT2D eigenvalue weighted by molar-refractivity contribution is 5.60. The Kier molecular flexibility index (Phi) is 2.63. The zero-order valence-corrected chi connectivity index (χ0v) is 6.78. The van der Waals surface area contributed by atoms with Gasteiger partial charge in [0, 0.05) is 0 Å². The van der Waals surface area contributed by atoms with E-state index in [0.29, 0.717) is 23.7 Å². The first-order chi connectivity index (χ1) is 5.77. The SMILES string of the molecule is CCOc1ccc(N=O)cc1N. The molecule has 0 spiro atoms. The van der Waals surface area contributed by atoms with E-state index >= 15 is 0 Å². The fourth-order valence-electron chi connectivity index (χ4n) is 0.880. The van der Waals surface area contributed by atoms with Gasteiger partial charge < -0.3 is 10.5 Å². The van der Waals surface area contributed by atoms with Crippen LogP contribution in [-0.2, 0) is 0 Å². The van der Waals surface area contributed by atoms with E-state index in [0.717, 1.165) is 0 Å². The van der Waals surface area contributed by atoms with E-state index in [2.05, 4.69) is 5.18 Å². The molecular weight excluding hydrogens is 156 g/mol. The minimum Gasteiger partial charge on any atom is -0.492 e. The lowest BCUT2D eigenvalue weighted by molar-refractivity contribution is 0.342. The number of benzene rings is 1. The van der Waals surface area contributed by atoms with E-state index in [1.807, 2.05) is 6.92 Å². The Morgan fingerprint density at radius 2 is 2.33 bits per heavy atom. The molecule has 0 saturated carbocycles. The van der Waals surface area contributed by atoms with Crippen molar-refractivity contribution in [2.75, 3.05) is 12.3 Å². The molecule has 0 radical (unpaired) electrons. The van der Waals surface area contributed by atoms with E-state index in [9.17, 15) is 4.91 Å². The number of rotatable bonds is 3. The lowest BCUT2D eigenvalue weighted by Gasteiger charge is -2.05. The van der Waals surface area contributed by atoms with E-state index in [4.69, 9.17) is 10.5 Å². The summed E-state index contributed by atoms with van der Waals surface area (Å²) in [5.41, 5.74) is 6.31. The first-order valence-corrected chi connectivity index (χ1v) is 3.63. The van der Waals surface area contributed by atoms with Crippen molar-refractivity contribution in [3.63, 3.8) is 0 Å². The van der Waals surface area contributed by atoms with Crippen molar-refractivity contribution in [1.82, 2.24) is 0 Å². The Hall–Kier alpha value is -1.58. The van der Waals surface area contributed by atoms with Crippen LogP contribution in [-0.4, -0.2) is 6.61 Å². The van der Waals surface area contributed by atoms with Crippen LogP contribution in [0.4, 0.5) is 11.4 Å². The largest absolute Gasteiger partial charge is 0.492 e. The van der Waals surface area contributed by atoms with Gasteiger partial charge in [0.2, 0.25) is 0 Å². The van der Waals surface area contributed by atoms with Crippen LogP contribution in [0.5, 0.6) is 5.75 Å². The van der Waals surface area contributed by atoms with Gasteiger partial charge in [0.1, 0.15) is 11.4 Å². The second-order valence-electron chi connectivity index (χ2n) is 2.25. The fourth-order valence-corrected chi connectivity index (χ4v) is 0.880. The number of anilines is 1. The van der Waals surface area contributed by atoms with Crippen molar-refractivity contribution in [1.29, 1.82) is 0 Å². The minimum atomic E-state index is 0.316. The summed E-state index contributed by atoms with van der Waals surface area (Å²) in [6.07, 6.45) is 0. The van der Waals surface area contributed by atoms with E-state index in [1.165, 1.54) is 6.07 Å². The second-order valence-corrected chi connectivity index (χ2v) is 2.25. The van der Waals surface area contributed by atoms with Gasteiger partial charge in [0.25, 0.3) is 0 Å². The maximum Gasteiger partial charge on any atom is 0.142 e. The van der Waals surface area contributed by atoms with Gasteiger partial charge >= 0.3 is 0 Å². The summed E-state index contributed by atoms with van der Waals surface area (Å²) in [5.74, 6) is 0.588. The Labute approximate surface area is 70.3 Å². The molecule has 0 unspecified atom stereocenters. The van der Waals surface area contributed by atoms with E-state index in [-0.39, 0.29) is 0 Å². The number of nitroso groups, excluding NO2 is 1. The normalized spacial score (nSPS) is 9.42. The maximum atomic E-state index is 10.1. The predicted octanol–water partition coefficient (Wildman–Crippen LogP) is 2.07. The molecule has 0 heterocycles. The molecule has 2 N–H and O–H groups in total. The Bertz CT molecular complexity index is 286. The molecule has 0 aliphatic carbocycles. The van der Waals surface area contributed by atoms with Crippen molar-refractivity contribution in [3.05, 3.63) is 23.1 Å². The molecule has 1 rings (SSSR count). The summed E-state index contributed by atoms with van der Waals surface area (Å²) >= 11 is 0. The zero-order valence-electron chi connectivity index (χ0n) is 6.78. The molecule has 0 aliphatic rings. The zero-order chi connectivity index (χ0) is 8.97. The summed E-state index contributed by atoms with van der Waals surface area (Å²) in [4.78, 5) is 10.1. The lowest BCUT2D eigenvalue weighted by Crippen LogP contribution is -1.95. The average Bonchev–Trinajstić information content (AvgIpc) is 2.09. The highest BCUT2D eigenvalue weighted by Gasteiger charge is 2.00. The van der Waals surface area contributed by atoms with Crippen LogP contribution < -0.4 is 10.5 Å². The van der Waals surface area contributed by atoms with Gasteiger partial charge in [-0.1, -0.05) is 0 Å². The van der Waals surface area contributed by atoms with Crippen molar-refractivity contribution in [2.45, 2.75) is 6.92 Å². The number of hydrogen-bond acceptors (Lipinski definition) is 4. The number of nitrogen functional groups attached to an aromatic ring is 1. The first kappa shape index (κ1) is 8.52. The van der Waals surface area contributed by atoms with Gasteiger partial charge in [0.15, 0.2) is 0 Å². The van der Waals surface area contributed by atoms with Crippen LogP contribution >= 0.6 is 0 Å². The molecule has 4 heteroatoms. The molecule has 1 aromatic carbocycles. The minimum absolute atomic E-state index is 0.316. The summed E-state index contributed by atoms with van der Waals surface area (Å²) in [6, 6.07) is 4.68. The molecule has 0 saturated heterocycles. The maximum absolute atomic E-state index is 10.1. The van der Waals surface area contributed by atoms with Gasteiger partial charge in [0.05, 0.1) is 12.3 Å². The van der Waals surface area contributed by atoms with E-state index < -0.39 is 0 Å². The smallest absolute Gasteiger partial charge is 0.142 e. The summed E-state index contributed by atoms with van der Waals surface area (Å²) in [7, 11) is 0. The van der Waals surface area contributed by atoms with Crippen molar-refractivity contribution in [3.8, 4) is 5.75 Å². The second kappa shape index (κ2) is 3.71. The third-order valence-corrected chi connectivity index (χ3v) is 1.40. The molecule has 0 bridgehead atoms. The van der Waals surface area contributed by atoms with Crippen LogP contribution in [0, 0.1) is 4.91 Å². The van der Waals surface area contributed by atoms with Crippen molar-refractivity contribution < 1.29 is 4.74 Å². The predicted molar refractivity (Wildman–Crippen MR) is 47.5 cm³/mol. The van der Waals surface area contributed by atoms with Crippen LogP contribution in [0.25, 0.3) is 0 Å². The first-order valence-electron chi connectivity index (χ1n) is 3.63. The fraction of sp³-hybridized carbons (Fsp3) is 0.250. The van der Waals surface area contributed by atoms with E-state index in [1.54, 1.807) is 12.1 Å². The van der Waals surface area contributed by atoms with Crippen LogP contribution in [0.1, 0.15) is 6.92 Å². The van der Waals surface area contributed by atoms with Gasteiger partial charge in [-0.3, -0.25) is 0 Å². The molecule has 12 heavy (non-hydrogen) atoms. The topological polar surface area (TPSA) is 64.7 Å². The summed E-state index contributed by atoms with van der Waals surface area (Å²) < 4.78 is 5.17. The highest BCUT2D eigenvalue weighted by Crippen LogP contribution is 2.26. The molecule has 0 aromatic heterocycles. The third kappa shape index (κ3) is 1.72. The van der Waals surface area contributed by atoms with Gasteiger partial charge in [-0.05, 0) is 30.3 Å². The molecule has 0 fully saturated rings. The molecule has 0 amide bonds. The number of nitrogens with zero attached hydrogens (tertiary/aromatic N) is 1. The standard InChI is InChI=1S/C8H10N2O2/c1-2-12-8-4-3-6(10-11)5-7(8)9/h3-5H,2,9H2,1H3. The van der Waals surface area contributed by atoms with Crippen LogP contribution in [0.2, 0.25) is 0 Å². The summed E-state index contributed by atoms with van der Waals surface area (Å²) in [5, 5.41) is 2.75. The summed E-state index contributed by atoms with van der Waals surface area (Å²) in [6.45, 7) is 2.42. The quantitative estimate of drug-likeness (QED) is 0.552. The molecule has 0 atom stereocenters.